The summed E-state index contributed by atoms with van der Waals surface area (Å²) in [6.07, 6.45) is 7.38. The van der Waals surface area contributed by atoms with Crippen LogP contribution in [0.2, 0.25) is 0 Å². The number of nitriles is 2. The first-order chi connectivity index (χ1) is 16.4. The number of hydrogen-bond donors (Lipinski definition) is 0. The van der Waals surface area contributed by atoms with Gasteiger partial charge < -0.3 is 0 Å². The molecule has 0 bridgehead atoms. The summed E-state index contributed by atoms with van der Waals surface area (Å²) in [6.45, 7) is 3.04. The largest absolute Gasteiger partial charge is 0.287 e. The second-order valence-electron chi connectivity index (χ2n) is 7.67. The second-order valence-corrected chi connectivity index (χ2v) is 10.2. The first kappa shape index (κ1) is 23.4. The molecule has 0 aliphatic heterocycles. The molecule has 0 unspecified atom stereocenters. The fourth-order valence-electron chi connectivity index (χ4n) is 3.88. The number of carbonyl (C=O) groups excluding carboxylic acids is 2. The fourth-order valence-corrected chi connectivity index (χ4v) is 5.09. The molecule has 2 aromatic rings. The molecule has 4 nitrogen and oxygen atoms in total. The monoisotopic (exact) mass is 478 g/mol. The lowest BCUT2D eigenvalue weighted by Gasteiger charge is -2.19. The smallest absolute Gasteiger partial charge is 0.195 e. The molecule has 6 heteroatoms. The zero-order chi connectivity index (χ0) is 24.3. The molecular formula is C28H18N2O2S2. The van der Waals surface area contributed by atoms with Crippen LogP contribution in [0.3, 0.4) is 0 Å². The van der Waals surface area contributed by atoms with E-state index in [2.05, 4.69) is 17.9 Å². The molecule has 0 radical (unpaired) electrons. The van der Waals surface area contributed by atoms with E-state index in [0.717, 1.165) is 38.3 Å². The highest BCUT2D eigenvalue weighted by Gasteiger charge is 2.45. The van der Waals surface area contributed by atoms with Gasteiger partial charge >= 0.3 is 0 Å². The zero-order valence-electron chi connectivity index (χ0n) is 18.5. The van der Waals surface area contributed by atoms with E-state index in [1.807, 2.05) is 72.8 Å². The summed E-state index contributed by atoms with van der Waals surface area (Å²) in [7, 11) is 0. The lowest BCUT2D eigenvalue weighted by Crippen LogP contribution is -2.17. The highest BCUT2D eigenvalue weighted by molar-refractivity contribution is 8.13. The first-order valence-corrected chi connectivity index (χ1v) is 12.0. The zero-order valence-corrected chi connectivity index (χ0v) is 20.1. The van der Waals surface area contributed by atoms with Gasteiger partial charge in [0.05, 0.1) is 12.1 Å². The molecule has 2 aromatic carbocycles. The van der Waals surface area contributed by atoms with Crippen LogP contribution in [0.1, 0.15) is 25.0 Å². The van der Waals surface area contributed by atoms with Crippen molar-refractivity contribution in [2.24, 2.45) is 5.41 Å². The van der Waals surface area contributed by atoms with E-state index in [1.54, 1.807) is 0 Å². The molecule has 4 rings (SSSR count). The van der Waals surface area contributed by atoms with Crippen molar-refractivity contribution in [2.75, 3.05) is 0 Å². The summed E-state index contributed by atoms with van der Waals surface area (Å²) >= 11 is 2.32. The number of thioether (sulfide) groups is 2. The van der Waals surface area contributed by atoms with Gasteiger partial charge in [0.25, 0.3) is 0 Å². The molecule has 0 fully saturated rings. The molecule has 2 aliphatic carbocycles. The molecule has 0 spiro atoms. The number of allylic oxidation sites excluding steroid dienone is 7. The average molecular weight is 479 g/mol. The van der Waals surface area contributed by atoms with Gasteiger partial charge in [0.1, 0.15) is 0 Å². The summed E-state index contributed by atoms with van der Waals surface area (Å²) in [6, 6.07) is 19.4. The molecule has 0 atom stereocenters. The van der Waals surface area contributed by atoms with Crippen molar-refractivity contribution >= 4 is 44.9 Å². The highest BCUT2D eigenvalue weighted by atomic mass is 32.2. The van der Waals surface area contributed by atoms with Gasteiger partial charge in [-0.05, 0) is 58.7 Å². The summed E-state index contributed by atoms with van der Waals surface area (Å²) in [4.78, 5) is 24.4. The van der Waals surface area contributed by atoms with Gasteiger partial charge in [-0.1, -0.05) is 59.9 Å². The minimum atomic E-state index is -1.46. The van der Waals surface area contributed by atoms with E-state index in [4.69, 9.17) is 0 Å². The molecule has 0 saturated heterocycles. The SMILES string of the molecule is CC(=O)Sc1ccc(C2=CC=C3C(=C=C2)C=C(c2ccc(SC(C)=O)cc2)C3(C#N)C#N)cc1. The maximum atomic E-state index is 11.4. The number of nitrogens with zero attached hydrogens (tertiary/aromatic N) is 2. The van der Waals surface area contributed by atoms with Crippen molar-refractivity contribution in [3.8, 4) is 12.1 Å². The number of hydrogen-bond acceptors (Lipinski definition) is 6. The number of benzene rings is 2. The summed E-state index contributed by atoms with van der Waals surface area (Å²) in [5, 5.41) is 20.3. The Labute approximate surface area is 206 Å². The van der Waals surface area contributed by atoms with Gasteiger partial charge in [0, 0.05) is 34.8 Å². The standard InChI is InChI=1S/C28H18N2O2S2/c1-18(31)33-24-10-5-21(6-11-24)20-3-4-23-15-27(28(16-29,17-30)26(23)14-9-20)22-7-12-25(13-8-22)34-19(2)32/h3,5-15H,1-2H3. The minimum Gasteiger partial charge on any atom is -0.287 e. The van der Waals surface area contributed by atoms with E-state index in [9.17, 15) is 20.1 Å². The van der Waals surface area contributed by atoms with E-state index in [0.29, 0.717) is 16.7 Å². The van der Waals surface area contributed by atoms with Crippen LogP contribution in [-0.4, -0.2) is 10.2 Å². The Balaban J connectivity index is 1.73. The predicted octanol–water partition coefficient (Wildman–Crippen LogP) is 6.50. The molecule has 0 aromatic heterocycles. The van der Waals surface area contributed by atoms with Crippen molar-refractivity contribution < 1.29 is 9.59 Å². The van der Waals surface area contributed by atoms with Gasteiger partial charge in [-0.3, -0.25) is 9.59 Å². The van der Waals surface area contributed by atoms with Crippen LogP contribution in [0.15, 0.2) is 99.5 Å². The van der Waals surface area contributed by atoms with Crippen LogP contribution in [0, 0.1) is 28.1 Å². The summed E-state index contributed by atoms with van der Waals surface area (Å²) in [5.74, 6) is 0. The summed E-state index contributed by atoms with van der Waals surface area (Å²) < 4.78 is 0. The maximum Gasteiger partial charge on any atom is 0.195 e. The Kier molecular flexibility index (Phi) is 6.59. The van der Waals surface area contributed by atoms with Crippen LogP contribution in [0.25, 0.3) is 11.1 Å². The molecule has 0 heterocycles. The highest BCUT2D eigenvalue weighted by Crippen LogP contribution is 2.51. The van der Waals surface area contributed by atoms with Crippen molar-refractivity contribution in [1.29, 1.82) is 10.5 Å². The van der Waals surface area contributed by atoms with Crippen molar-refractivity contribution in [2.45, 2.75) is 23.6 Å². The Morgan fingerprint density at radius 2 is 1.32 bits per heavy atom. The average Bonchev–Trinajstić information content (AvgIpc) is 2.97. The number of carbonyl (C=O) groups is 2. The first-order valence-electron chi connectivity index (χ1n) is 10.4. The number of rotatable bonds is 4. The van der Waals surface area contributed by atoms with Crippen LogP contribution in [0.5, 0.6) is 0 Å². The molecule has 2 aliphatic rings. The van der Waals surface area contributed by atoms with Gasteiger partial charge in [-0.25, -0.2) is 0 Å². The lowest BCUT2D eigenvalue weighted by molar-refractivity contribution is -0.109. The van der Waals surface area contributed by atoms with E-state index >= 15 is 0 Å². The van der Waals surface area contributed by atoms with Crippen molar-refractivity contribution in [3.63, 3.8) is 0 Å². The van der Waals surface area contributed by atoms with Crippen molar-refractivity contribution in [1.82, 2.24) is 0 Å². The van der Waals surface area contributed by atoms with Gasteiger partial charge in [0.2, 0.25) is 0 Å². The Bertz CT molecular complexity index is 1420. The quantitative estimate of drug-likeness (QED) is 0.368. The Morgan fingerprint density at radius 1 is 0.794 bits per heavy atom. The normalized spacial score (nSPS) is 15.5. The third kappa shape index (κ3) is 4.49. The van der Waals surface area contributed by atoms with E-state index in [-0.39, 0.29) is 10.2 Å². The van der Waals surface area contributed by atoms with E-state index in [1.165, 1.54) is 25.6 Å². The predicted molar refractivity (Wildman–Crippen MR) is 135 cm³/mol. The summed E-state index contributed by atoms with van der Waals surface area (Å²) in [5.41, 5.74) is 6.27. The lowest BCUT2D eigenvalue weighted by atomic mass is 9.77. The van der Waals surface area contributed by atoms with Crippen molar-refractivity contribution in [3.05, 3.63) is 101 Å². The van der Waals surface area contributed by atoms with Gasteiger partial charge in [-0.15, -0.1) is 5.73 Å². The van der Waals surface area contributed by atoms with E-state index < -0.39 is 5.41 Å². The van der Waals surface area contributed by atoms with Crippen LogP contribution in [0.4, 0.5) is 0 Å². The van der Waals surface area contributed by atoms with Crippen LogP contribution in [-0.2, 0) is 9.59 Å². The second kappa shape index (κ2) is 9.59. The third-order valence-electron chi connectivity index (χ3n) is 5.41. The fraction of sp³-hybridized carbons (Fsp3) is 0.107. The topological polar surface area (TPSA) is 81.7 Å². The molecular weight excluding hydrogens is 460 g/mol. The minimum absolute atomic E-state index is 0.00576. The third-order valence-corrected chi connectivity index (χ3v) is 7.00. The van der Waals surface area contributed by atoms with Crippen LogP contribution >= 0.6 is 23.5 Å². The molecule has 164 valence electrons. The van der Waals surface area contributed by atoms with Gasteiger partial charge in [-0.2, -0.15) is 10.5 Å². The Hall–Kier alpha value is -3.80. The molecule has 0 saturated carbocycles. The Morgan fingerprint density at radius 3 is 1.82 bits per heavy atom. The van der Waals surface area contributed by atoms with Gasteiger partial charge in [0.15, 0.2) is 15.6 Å². The molecule has 0 N–H and O–H groups in total. The molecule has 0 amide bonds. The maximum absolute atomic E-state index is 11.4. The molecule has 34 heavy (non-hydrogen) atoms. The van der Waals surface area contributed by atoms with Crippen LogP contribution < -0.4 is 0 Å². The number of fused-ring (bicyclic) bond motifs is 1.